The van der Waals surface area contributed by atoms with E-state index in [1.54, 1.807) is 0 Å². The highest BCUT2D eigenvalue weighted by atomic mass is 19.1. The minimum absolute atomic E-state index is 0.0165. The molecule has 0 atom stereocenters. The van der Waals surface area contributed by atoms with Crippen molar-refractivity contribution in [3.05, 3.63) is 77.8 Å². The molecule has 10 heteroatoms. The SMILES string of the molecule is O=C(NCc1ncccc1F)c1coc(CCNCCc2nc3ccccc3n2C2CCNCC2)n1. The Labute approximate surface area is 208 Å². The third-order valence-corrected chi connectivity index (χ3v) is 6.42. The van der Waals surface area contributed by atoms with Gasteiger partial charge in [0, 0.05) is 38.2 Å². The molecule has 0 saturated carbocycles. The summed E-state index contributed by atoms with van der Waals surface area (Å²) in [7, 11) is 0. The van der Waals surface area contributed by atoms with Gasteiger partial charge in [-0.25, -0.2) is 14.4 Å². The number of piperidine rings is 1. The normalized spacial score (nSPS) is 14.4. The van der Waals surface area contributed by atoms with Gasteiger partial charge in [-0.15, -0.1) is 0 Å². The van der Waals surface area contributed by atoms with Crippen LogP contribution in [-0.2, 0) is 19.4 Å². The number of benzene rings is 1. The molecule has 188 valence electrons. The van der Waals surface area contributed by atoms with E-state index in [4.69, 9.17) is 9.40 Å². The largest absolute Gasteiger partial charge is 0.448 e. The summed E-state index contributed by atoms with van der Waals surface area (Å²) in [5.74, 6) is 0.685. The van der Waals surface area contributed by atoms with Crippen LogP contribution in [0, 0.1) is 5.82 Å². The Bertz CT molecular complexity index is 1310. The van der Waals surface area contributed by atoms with E-state index in [1.807, 2.05) is 6.07 Å². The molecule has 5 rings (SSSR count). The zero-order valence-electron chi connectivity index (χ0n) is 20.0. The number of amides is 1. The maximum Gasteiger partial charge on any atom is 0.273 e. The number of carbonyl (C=O) groups is 1. The standard InChI is InChI=1S/C26H30FN7O2/c27-19-4-3-11-30-21(19)16-31-26(35)22-17-36-25(33-22)10-15-29-14-9-24-32-20-5-1-2-6-23(20)34(24)18-7-12-28-13-8-18/h1-6,11,17-18,28-29H,7-10,12-16H2,(H,31,35). The van der Waals surface area contributed by atoms with Crippen molar-refractivity contribution in [3.63, 3.8) is 0 Å². The van der Waals surface area contributed by atoms with E-state index >= 15 is 0 Å². The van der Waals surface area contributed by atoms with Gasteiger partial charge in [-0.1, -0.05) is 12.1 Å². The number of nitrogens with one attached hydrogen (secondary N) is 3. The van der Waals surface area contributed by atoms with Crippen LogP contribution in [0.3, 0.4) is 0 Å². The smallest absolute Gasteiger partial charge is 0.273 e. The van der Waals surface area contributed by atoms with Gasteiger partial charge in [0.15, 0.2) is 11.6 Å². The fourth-order valence-electron chi connectivity index (χ4n) is 4.60. The number of aromatic nitrogens is 4. The fraction of sp³-hybridized carbons (Fsp3) is 0.385. The second-order valence-corrected chi connectivity index (χ2v) is 8.86. The van der Waals surface area contributed by atoms with Crippen LogP contribution in [0.5, 0.6) is 0 Å². The quantitative estimate of drug-likeness (QED) is 0.293. The maximum absolute atomic E-state index is 13.7. The number of halogens is 1. The zero-order valence-corrected chi connectivity index (χ0v) is 20.0. The molecule has 0 radical (unpaired) electrons. The number of hydrogen-bond acceptors (Lipinski definition) is 7. The Morgan fingerprint density at radius 1 is 1.11 bits per heavy atom. The van der Waals surface area contributed by atoms with Crippen molar-refractivity contribution < 1.29 is 13.6 Å². The molecule has 1 amide bonds. The van der Waals surface area contributed by atoms with Gasteiger partial charge >= 0.3 is 0 Å². The zero-order chi connectivity index (χ0) is 24.7. The second kappa shape index (κ2) is 11.4. The van der Waals surface area contributed by atoms with E-state index in [1.165, 1.54) is 30.1 Å². The Morgan fingerprint density at radius 2 is 1.94 bits per heavy atom. The van der Waals surface area contributed by atoms with Gasteiger partial charge < -0.3 is 24.9 Å². The van der Waals surface area contributed by atoms with E-state index in [-0.39, 0.29) is 17.9 Å². The van der Waals surface area contributed by atoms with Gasteiger partial charge in [0.25, 0.3) is 5.91 Å². The first-order valence-corrected chi connectivity index (χ1v) is 12.4. The molecule has 1 aliphatic heterocycles. The minimum Gasteiger partial charge on any atom is -0.448 e. The van der Waals surface area contributed by atoms with Crippen molar-refractivity contribution in [2.24, 2.45) is 0 Å². The highest BCUT2D eigenvalue weighted by molar-refractivity contribution is 5.91. The molecular weight excluding hydrogens is 461 g/mol. The summed E-state index contributed by atoms with van der Waals surface area (Å²) in [5.41, 5.74) is 2.59. The number of rotatable bonds is 10. The summed E-state index contributed by atoms with van der Waals surface area (Å²) in [6.07, 6.45) is 6.39. The van der Waals surface area contributed by atoms with E-state index < -0.39 is 11.7 Å². The number of carbonyl (C=O) groups excluding carboxylic acids is 1. The highest BCUT2D eigenvalue weighted by Gasteiger charge is 2.21. The molecule has 4 heterocycles. The number of imidazole rings is 1. The number of para-hydroxylation sites is 2. The number of oxazole rings is 1. The molecule has 1 fully saturated rings. The monoisotopic (exact) mass is 491 g/mol. The number of pyridine rings is 1. The topological polar surface area (TPSA) is 110 Å². The van der Waals surface area contributed by atoms with Crippen molar-refractivity contribution in [2.45, 2.75) is 38.3 Å². The molecule has 0 bridgehead atoms. The second-order valence-electron chi connectivity index (χ2n) is 8.86. The number of fused-ring (bicyclic) bond motifs is 1. The molecule has 4 aromatic rings. The average molecular weight is 492 g/mol. The summed E-state index contributed by atoms with van der Waals surface area (Å²) in [6, 6.07) is 11.6. The molecule has 3 N–H and O–H groups in total. The lowest BCUT2D eigenvalue weighted by molar-refractivity contribution is 0.0945. The van der Waals surface area contributed by atoms with Crippen LogP contribution in [0.1, 0.15) is 46.8 Å². The third kappa shape index (κ3) is 5.60. The lowest BCUT2D eigenvalue weighted by atomic mass is 10.1. The van der Waals surface area contributed by atoms with E-state index in [0.29, 0.717) is 24.9 Å². The summed E-state index contributed by atoms with van der Waals surface area (Å²) in [4.78, 5) is 25.4. The van der Waals surface area contributed by atoms with E-state index in [0.717, 1.165) is 50.2 Å². The van der Waals surface area contributed by atoms with Crippen LogP contribution in [0.2, 0.25) is 0 Å². The van der Waals surface area contributed by atoms with Crippen molar-refractivity contribution in [1.82, 2.24) is 35.5 Å². The molecular formula is C26H30FN7O2. The van der Waals surface area contributed by atoms with Crippen LogP contribution < -0.4 is 16.0 Å². The van der Waals surface area contributed by atoms with Crippen molar-refractivity contribution in [3.8, 4) is 0 Å². The molecule has 1 saturated heterocycles. The van der Waals surface area contributed by atoms with Gasteiger partial charge in [0.1, 0.15) is 17.9 Å². The Morgan fingerprint density at radius 3 is 2.81 bits per heavy atom. The third-order valence-electron chi connectivity index (χ3n) is 6.42. The minimum atomic E-state index is -0.462. The van der Waals surface area contributed by atoms with Gasteiger partial charge in [-0.05, 0) is 50.2 Å². The lowest BCUT2D eigenvalue weighted by Gasteiger charge is -2.26. The summed E-state index contributed by atoms with van der Waals surface area (Å²) in [5, 5.41) is 9.49. The highest BCUT2D eigenvalue weighted by Crippen LogP contribution is 2.27. The van der Waals surface area contributed by atoms with Crippen molar-refractivity contribution in [1.29, 1.82) is 0 Å². The molecule has 9 nitrogen and oxygen atoms in total. The van der Waals surface area contributed by atoms with Gasteiger partial charge in [0.2, 0.25) is 0 Å². The van der Waals surface area contributed by atoms with Gasteiger partial charge in [0.05, 0.1) is 23.3 Å². The summed E-state index contributed by atoms with van der Waals surface area (Å²) >= 11 is 0. The predicted octanol–water partition coefficient (Wildman–Crippen LogP) is 2.79. The Balaban J connectivity index is 1.10. The molecule has 1 aliphatic rings. The van der Waals surface area contributed by atoms with Crippen molar-refractivity contribution in [2.75, 3.05) is 26.2 Å². The van der Waals surface area contributed by atoms with Crippen LogP contribution in [0.25, 0.3) is 11.0 Å². The molecule has 0 unspecified atom stereocenters. The first-order valence-electron chi connectivity index (χ1n) is 12.4. The van der Waals surface area contributed by atoms with Gasteiger partial charge in [-0.2, -0.15) is 0 Å². The molecule has 0 spiro atoms. The first kappa shape index (κ1) is 24.1. The molecule has 1 aromatic carbocycles. The summed E-state index contributed by atoms with van der Waals surface area (Å²) < 4.78 is 21.5. The van der Waals surface area contributed by atoms with Crippen LogP contribution >= 0.6 is 0 Å². The lowest BCUT2D eigenvalue weighted by Crippen LogP contribution is -2.30. The van der Waals surface area contributed by atoms with Crippen molar-refractivity contribution >= 4 is 16.9 Å². The Kier molecular flexibility index (Phi) is 7.63. The molecule has 36 heavy (non-hydrogen) atoms. The average Bonchev–Trinajstić information content (AvgIpc) is 3.53. The van der Waals surface area contributed by atoms with Crippen LogP contribution in [-0.4, -0.2) is 51.6 Å². The number of nitrogens with zero attached hydrogens (tertiary/aromatic N) is 4. The number of hydrogen-bond donors (Lipinski definition) is 3. The Hall–Kier alpha value is -3.63. The van der Waals surface area contributed by atoms with E-state index in [2.05, 4.69) is 48.7 Å². The maximum atomic E-state index is 13.7. The van der Waals surface area contributed by atoms with Gasteiger partial charge in [-0.3, -0.25) is 9.78 Å². The first-order chi connectivity index (χ1) is 17.7. The van der Waals surface area contributed by atoms with Crippen LogP contribution in [0.15, 0.2) is 53.3 Å². The van der Waals surface area contributed by atoms with Crippen LogP contribution in [0.4, 0.5) is 4.39 Å². The molecule has 0 aliphatic carbocycles. The summed E-state index contributed by atoms with van der Waals surface area (Å²) in [6.45, 7) is 3.49. The van der Waals surface area contributed by atoms with E-state index in [9.17, 15) is 9.18 Å². The predicted molar refractivity (Wildman–Crippen MR) is 133 cm³/mol. The molecule has 3 aromatic heterocycles. The fourth-order valence-corrected chi connectivity index (χ4v) is 4.60.